The van der Waals surface area contributed by atoms with E-state index in [1.807, 2.05) is 16.8 Å². The molecule has 1 heterocycles. The van der Waals surface area contributed by atoms with Gasteiger partial charge in [-0.2, -0.15) is 0 Å². The Kier molecular flexibility index (Phi) is 3.69. The molecule has 98 valence electrons. The number of hydrogen-bond acceptors (Lipinski definition) is 2. The number of rotatable bonds is 4. The summed E-state index contributed by atoms with van der Waals surface area (Å²) in [4.78, 5) is 23.0. The number of carbonyl (C=O) groups excluding carboxylic acids is 2. The molecule has 1 saturated carbocycles. The molecule has 1 aromatic heterocycles. The molecule has 5 nitrogen and oxygen atoms in total. The summed E-state index contributed by atoms with van der Waals surface area (Å²) < 4.78 is 2.01. The molecule has 1 aliphatic rings. The van der Waals surface area contributed by atoms with Crippen LogP contribution in [0.15, 0.2) is 18.3 Å². The van der Waals surface area contributed by atoms with Crippen LogP contribution in [-0.2, 0) is 4.79 Å². The number of nitrogens with zero attached hydrogens (tertiary/aromatic N) is 1. The zero-order valence-electron chi connectivity index (χ0n) is 10.6. The Bertz CT molecular complexity index is 447. The van der Waals surface area contributed by atoms with E-state index in [4.69, 9.17) is 5.73 Å². The lowest BCUT2D eigenvalue weighted by atomic mass is 10.2. The van der Waals surface area contributed by atoms with Gasteiger partial charge in [0, 0.05) is 12.2 Å². The van der Waals surface area contributed by atoms with Gasteiger partial charge in [-0.25, -0.2) is 0 Å². The van der Waals surface area contributed by atoms with Crippen molar-refractivity contribution in [2.75, 3.05) is 0 Å². The van der Waals surface area contributed by atoms with Gasteiger partial charge < -0.3 is 15.6 Å². The number of amides is 2. The summed E-state index contributed by atoms with van der Waals surface area (Å²) in [5.41, 5.74) is 5.74. The van der Waals surface area contributed by atoms with E-state index in [1.54, 1.807) is 13.0 Å². The molecule has 18 heavy (non-hydrogen) atoms. The standard InChI is InChI=1S/C13H19N3O2/c1-9(12(14)17)15-13(18)11-7-4-8-16(11)10-5-2-3-6-10/h4,7-10H,2-3,5-6H2,1H3,(H2,14,17)(H,15,18)/t9-/m0/s1. The van der Waals surface area contributed by atoms with Crippen molar-refractivity contribution in [1.82, 2.24) is 9.88 Å². The lowest BCUT2D eigenvalue weighted by molar-refractivity contribution is -0.119. The first-order chi connectivity index (χ1) is 8.59. The molecule has 2 rings (SSSR count). The van der Waals surface area contributed by atoms with Gasteiger partial charge in [0.1, 0.15) is 11.7 Å². The van der Waals surface area contributed by atoms with Gasteiger partial charge in [-0.1, -0.05) is 12.8 Å². The van der Waals surface area contributed by atoms with Crippen LogP contribution < -0.4 is 11.1 Å². The van der Waals surface area contributed by atoms with E-state index in [1.165, 1.54) is 12.8 Å². The first kappa shape index (κ1) is 12.7. The smallest absolute Gasteiger partial charge is 0.268 e. The molecule has 0 aromatic carbocycles. The van der Waals surface area contributed by atoms with Gasteiger partial charge in [0.15, 0.2) is 0 Å². The summed E-state index contributed by atoms with van der Waals surface area (Å²) in [6.07, 6.45) is 6.57. The Labute approximate surface area is 106 Å². The minimum atomic E-state index is -0.649. The van der Waals surface area contributed by atoms with Gasteiger partial charge in [-0.15, -0.1) is 0 Å². The van der Waals surface area contributed by atoms with Crippen LogP contribution >= 0.6 is 0 Å². The first-order valence-corrected chi connectivity index (χ1v) is 6.36. The van der Waals surface area contributed by atoms with Crippen LogP contribution in [-0.4, -0.2) is 22.4 Å². The van der Waals surface area contributed by atoms with Crippen LogP contribution in [0, 0.1) is 0 Å². The second-order valence-corrected chi connectivity index (χ2v) is 4.84. The number of carbonyl (C=O) groups is 2. The van der Waals surface area contributed by atoms with Gasteiger partial charge in [-0.3, -0.25) is 9.59 Å². The zero-order chi connectivity index (χ0) is 13.1. The Morgan fingerprint density at radius 3 is 2.72 bits per heavy atom. The number of hydrogen-bond donors (Lipinski definition) is 2. The number of nitrogens with one attached hydrogen (secondary N) is 1. The number of primary amides is 1. The Morgan fingerprint density at radius 2 is 2.11 bits per heavy atom. The highest BCUT2D eigenvalue weighted by molar-refractivity contribution is 5.96. The maximum absolute atomic E-state index is 12.1. The summed E-state index contributed by atoms with van der Waals surface area (Å²) in [7, 11) is 0. The predicted octanol–water partition coefficient (Wildman–Crippen LogP) is 1.21. The summed E-state index contributed by atoms with van der Waals surface area (Å²) in [6, 6.07) is 3.40. The predicted molar refractivity (Wildman–Crippen MR) is 68.1 cm³/mol. The van der Waals surface area contributed by atoms with Crippen molar-refractivity contribution in [1.29, 1.82) is 0 Å². The molecule has 1 aromatic rings. The van der Waals surface area contributed by atoms with Crippen LogP contribution in [0.5, 0.6) is 0 Å². The number of nitrogens with two attached hydrogens (primary N) is 1. The molecular formula is C13H19N3O2. The zero-order valence-corrected chi connectivity index (χ0v) is 10.6. The van der Waals surface area contributed by atoms with Crippen molar-refractivity contribution in [2.45, 2.75) is 44.7 Å². The van der Waals surface area contributed by atoms with Gasteiger partial charge in [-0.05, 0) is 31.9 Å². The second kappa shape index (κ2) is 5.25. The van der Waals surface area contributed by atoms with Crippen molar-refractivity contribution >= 4 is 11.8 Å². The lowest BCUT2D eigenvalue weighted by Crippen LogP contribution is -2.42. The SMILES string of the molecule is C[C@H](NC(=O)c1cccn1C1CCCC1)C(N)=O. The molecule has 0 spiro atoms. The maximum Gasteiger partial charge on any atom is 0.268 e. The molecular weight excluding hydrogens is 230 g/mol. The third-order valence-corrected chi connectivity index (χ3v) is 3.50. The molecule has 0 radical (unpaired) electrons. The average Bonchev–Trinajstić information content (AvgIpc) is 2.99. The molecule has 0 saturated heterocycles. The molecule has 0 bridgehead atoms. The number of aromatic nitrogens is 1. The summed E-state index contributed by atoms with van der Waals surface area (Å²) in [6.45, 7) is 1.59. The molecule has 1 aliphatic carbocycles. The van der Waals surface area contributed by atoms with Crippen molar-refractivity contribution < 1.29 is 9.59 Å². The molecule has 5 heteroatoms. The van der Waals surface area contributed by atoms with Crippen molar-refractivity contribution in [3.63, 3.8) is 0 Å². The van der Waals surface area contributed by atoms with E-state index in [0.717, 1.165) is 12.8 Å². The largest absolute Gasteiger partial charge is 0.368 e. The lowest BCUT2D eigenvalue weighted by Gasteiger charge is -2.17. The third-order valence-electron chi connectivity index (χ3n) is 3.50. The van der Waals surface area contributed by atoms with Crippen molar-refractivity contribution in [3.8, 4) is 0 Å². The summed E-state index contributed by atoms with van der Waals surface area (Å²) in [5.74, 6) is -0.763. The van der Waals surface area contributed by atoms with Crippen molar-refractivity contribution in [2.24, 2.45) is 5.73 Å². The highest BCUT2D eigenvalue weighted by atomic mass is 16.2. The minimum absolute atomic E-state index is 0.238. The highest BCUT2D eigenvalue weighted by Crippen LogP contribution is 2.30. The molecule has 0 unspecified atom stereocenters. The Hall–Kier alpha value is -1.78. The topological polar surface area (TPSA) is 77.1 Å². The van der Waals surface area contributed by atoms with Crippen LogP contribution in [0.1, 0.15) is 49.1 Å². The van der Waals surface area contributed by atoms with Gasteiger partial charge in [0.05, 0.1) is 0 Å². The Morgan fingerprint density at radius 1 is 1.44 bits per heavy atom. The third kappa shape index (κ3) is 2.55. The van der Waals surface area contributed by atoms with Crippen LogP contribution in [0.4, 0.5) is 0 Å². The summed E-state index contributed by atoms with van der Waals surface area (Å²) in [5, 5.41) is 2.61. The summed E-state index contributed by atoms with van der Waals surface area (Å²) >= 11 is 0. The average molecular weight is 249 g/mol. The molecule has 3 N–H and O–H groups in total. The first-order valence-electron chi connectivity index (χ1n) is 6.36. The highest BCUT2D eigenvalue weighted by Gasteiger charge is 2.22. The Balaban J connectivity index is 2.10. The van der Waals surface area contributed by atoms with E-state index in [0.29, 0.717) is 11.7 Å². The van der Waals surface area contributed by atoms with E-state index >= 15 is 0 Å². The van der Waals surface area contributed by atoms with Gasteiger partial charge in [0.25, 0.3) is 5.91 Å². The minimum Gasteiger partial charge on any atom is -0.368 e. The van der Waals surface area contributed by atoms with Crippen LogP contribution in [0.25, 0.3) is 0 Å². The van der Waals surface area contributed by atoms with Crippen LogP contribution in [0.3, 0.4) is 0 Å². The monoisotopic (exact) mass is 249 g/mol. The fourth-order valence-corrected chi connectivity index (χ4v) is 2.43. The van der Waals surface area contributed by atoms with Gasteiger partial charge in [0.2, 0.25) is 5.91 Å². The van der Waals surface area contributed by atoms with E-state index < -0.39 is 11.9 Å². The maximum atomic E-state index is 12.1. The fraction of sp³-hybridized carbons (Fsp3) is 0.538. The van der Waals surface area contributed by atoms with E-state index in [2.05, 4.69) is 5.32 Å². The van der Waals surface area contributed by atoms with Crippen LogP contribution in [0.2, 0.25) is 0 Å². The van der Waals surface area contributed by atoms with E-state index in [-0.39, 0.29) is 5.91 Å². The second-order valence-electron chi connectivity index (χ2n) is 4.84. The fourth-order valence-electron chi connectivity index (χ4n) is 2.43. The van der Waals surface area contributed by atoms with Crippen molar-refractivity contribution in [3.05, 3.63) is 24.0 Å². The molecule has 0 aliphatic heterocycles. The van der Waals surface area contributed by atoms with Gasteiger partial charge >= 0.3 is 0 Å². The molecule has 1 fully saturated rings. The molecule has 1 atom stereocenters. The normalized spacial score (nSPS) is 17.6. The quantitative estimate of drug-likeness (QED) is 0.841. The molecule has 2 amide bonds. The van der Waals surface area contributed by atoms with E-state index in [9.17, 15) is 9.59 Å².